The first kappa shape index (κ1) is 19.7. The third-order valence-corrected chi connectivity index (χ3v) is 4.86. The number of anilines is 3. The molecule has 0 radical (unpaired) electrons. The third-order valence-electron chi connectivity index (χ3n) is 4.86. The monoisotopic (exact) mass is 412 g/mol. The van der Waals surface area contributed by atoms with Gasteiger partial charge in [-0.15, -0.1) is 0 Å². The van der Waals surface area contributed by atoms with Crippen LogP contribution in [0.25, 0.3) is 17.0 Å². The molecule has 0 saturated heterocycles. The molecule has 154 valence electrons. The summed E-state index contributed by atoms with van der Waals surface area (Å²) in [5.41, 5.74) is 9.61. The van der Waals surface area contributed by atoms with Crippen LogP contribution in [0.4, 0.5) is 30.5 Å². The molecule has 0 unspecified atom stereocenters. The van der Waals surface area contributed by atoms with Crippen LogP contribution in [0.3, 0.4) is 0 Å². The second-order valence-corrected chi connectivity index (χ2v) is 7.10. The molecule has 6 nitrogen and oxygen atoms in total. The van der Waals surface area contributed by atoms with Crippen LogP contribution in [-0.4, -0.2) is 19.5 Å². The molecule has 0 aliphatic rings. The van der Waals surface area contributed by atoms with Crippen molar-refractivity contribution in [2.24, 2.45) is 0 Å². The van der Waals surface area contributed by atoms with E-state index in [0.717, 1.165) is 34.3 Å². The summed E-state index contributed by atoms with van der Waals surface area (Å²) in [7, 11) is 0. The van der Waals surface area contributed by atoms with Gasteiger partial charge in [0, 0.05) is 11.8 Å². The average Bonchev–Trinajstić information content (AvgIpc) is 2.96. The summed E-state index contributed by atoms with van der Waals surface area (Å²) in [6, 6.07) is 10.2. The summed E-state index contributed by atoms with van der Waals surface area (Å²) >= 11 is 0. The molecule has 4 aromatic rings. The normalized spacial score (nSPS) is 11.8. The maximum Gasteiger partial charge on any atom is 0.416 e. The quantitative estimate of drug-likeness (QED) is 0.490. The van der Waals surface area contributed by atoms with Gasteiger partial charge in [-0.3, -0.25) is 4.57 Å². The van der Waals surface area contributed by atoms with E-state index in [0.29, 0.717) is 23.3 Å². The number of alkyl halides is 3. The largest absolute Gasteiger partial charge is 0.416 e. The molecule has 0 aliphatic carbocycles. The molecule has 0 bridgehead atoms. The van der Waals surface area contributed by atoms with Gasteiger partial charge < -0.3 is 11.1 Å². The summed E-state index contributed by atoms with van der Waals surface area (Å²) in [5.74, 6) is 1.61. The zero-order valence-corrected chi connectivity index (χ0v) is 16.5. The highest BCUT2D eigenvalue weighted by atomic mass is 19.4. The van der Waals surface area contributed by atoms with Gasteiger partial charge in [-0.1, -0.05) is 0 Å². The van der Waals surface area contributed by atoms with E-state index in [1.54, 1.807) is 4.57 Å². The minimum Gasteiger partial charge on any atom is -0.383 e. The van der Waals surface area contributed by atoms with Crippen LogP contribution in [-0.2, 0) is 6.18 Å². The number of hydrogen-bond donors (Lipinski definition) is 2. The van der Waals surface area contributed by atoms with E-state index in [1.807, 2.05) is 32.9 Å². The van der Waals surface area contributed by atoms with Gasteiger partial charge in [0.05, 0.1) is 16.6 Å². The molecular formula is C21H19F3N6. The smallest absolute Gasteiger partial charge is 0.383 e. The SMILES string of the molecule is Cc1cc2nc(C)n(-c3nc(N)cc(Nc4ccc(C(F)(F)F)cc4)n3)c2cc1C. The second kappa shape index (κ2) is 7.01. The molecule has 0 spiro atoms. The number of fused-ring (bicyclic) bond motifs is 1. The lowest BCUT2D eigenvalue weighted by atomic mass is 10.1. The van der Waals surface area contributed by atoms with E-state index < -0.39 is 11.7 Å². The Hall–Kier alpha value is -3.62. The minimum atomic E-state index is -4.39. The lowest BCUT2D eigenvalue weighted by molar-refractivity contribution is -0.137. The Balaban J connectivity index is 1.73. The zero-order chi connectivity index (χ0) is 21.6. The van der Waals surface area contributed by atoms with Crippen molar-refractivity contribution in [1.82, 2.24) is 19.5 Å². The van der Waals surface area contributed by atoms with Crippen LogP contribution < -0.4 is 11.1 Å². The maximum atomic E-state index is 12.8. The van der Waals surface area contributed by atoms with Crippen molar-refractivity contribution in [3.8, 4) is 5.95 Å². The first-order valence-corrected chi connectivity index (χ1v) is 9.17. The van der Waals surface area contributed by atoms with Gasteiger partial charge in [0.1, 0.15) is 17.5 Å². The van der Waals surface area contributed by atoms with Gasteiger partial charge >= 0.3 is 6.18 Å². The van der Waals surface area contributed by atoms with Crippen LogP contribution in [0.1, 0.15) is 22.5 Å². The van der Waals surface area contributed by atoms with Crippen molar-refractivity contribution in [2.75, 3.05) is 11.1 Å². The lowest BCUT2D eigenvalue weighted by Crippen LogP contribution is -2.08. The summed E-state index contributed by atoms with van der Waals surface area (Å²) in [4.78, 5) is 13.4. The molecule has 30 heavy (non-hydrogen) atoms. The minimum absolute atomic E-state index is 0.222. The molecule has 0 atom stereocenters. The first-order chi connectivity index (χ1) is 14.1. The number of benzene rings is 2. The van der Waals surface area contributed by atoms with Crippen LogP contribution in [0.15, 0.2) is 42.5 Å². The predicted octanol–water partition coefficient (Wildman–Crippen LogP) is 5.09. The molecule has 9 heteroatoms. The molecule has 0 aliphatic heterocycles. The van der Waals surface area contributed by atoms with E-state index in [-0.39, 0.29) is 5.82 Å². The van der Waals surface area contributed by atoms with Gasteiger partial charge in [-0.25, -0.2) is 4.98 Å². The Morgan fingerprint density at radius 1 is 0.900 bits per heavy atom. The van der Waals surface area contributed by atoms with E-state index in [4.69, 9.17) is 5.73 Å². The number of nitrogens with two attached hydrogens (primary N) is 1. The Labute approximate surface area is 170 Å². The number of nitrogens with zero attached hydrogens (tertiary/aromatic N) is 4. The molecule has 0 amide bonds. The van der Waals surface area contributed by atoms with Crippen molar-refractivity contribution in [3.63, 3.8) is 0 Å². The molecule has 2 heterocycles. The number of aryl methyl sites for hydroxylation is 3. The van der Waals surface area contributed by atoms with E-state index in [9.17, 15) is 13.2 Å². The van der Waals surface area contributed by atoms with Crippen LogP contribution in [0.2, 0.25) is 0 Å². The zero-order valence-electron chi connectivity index (χ0n) is 16.5. The number of rotatable bonds is 3. The lowest BCUT2D eigenvalue weighted by Gasteiger charge is -2.12. The molecule has 2 aromatic carbocycles. The Bertz CT molecular complexity index is 1240. The Kier molecular flexibility index (Phi) is 4.60. The summed E-state index contributed by atoms with van der Waals surface area (Å²) in [5, 5.41) is 2.98. The molecule has 3 N–H and O–H groups in total. The number of nitrogen functional groups attached to an aromatic ring is 1. The molecular weight excluding hydrogens is 393 g/mol. The second-order valence-electron chi connectivity index (χ2n) is 7.10. The predicted molar refractivity (Wildman–Crippen MR) is 110 cm³/mol. The number of nitrogens with one attached hydrogen (secondary N) is 1. The number of imidazole rings is 1. The van der Waals surface area contributed by atoms with Gasteiger partial charge in [0.2, 0.25) is 5.95 Å². The molecule has 0 fully saturated rings. The van der Waals surface area contributed by atoms with E-state index >= 15 is 0 Å². The Morgan fingerprint density at radius 2 is 1.57 bits per heavy atom. The number of hydrogen-bond acceptors (Lipinski definition) is 5. The number of aromatic nitrogens is 4. The van der Waals surface area contributed by atoms with Crippen molar-refractivity contribution >= 4 is 28.4 Å². The number of halogens is 3. The van der Waals surface area contributed by atoms with E-state index in [2.05, 4.69) is 20.3 Å². The maximum absolute atomic E-state index is 12.8. The van der Waals surface area contributed by atoms with Crippen molar-refractivity contribution < 1.29 is 13.2 Å². The average molecular weight is 412 g/mol. The highest BCUT2D eigenvalue weighted by Crippen LogP contribution is 2.30. The molecule has 4 rings (SSSR count). The van der Waals surface area contributed by atoms with Gasteiger partial charge in [-0.2, -0.15) is 23.1 Å². The van der Waals surface area contributed by atoms with Crippen LogP contribution in [0.5, 0.6) is 0 Å². The molecule has 0 saturated carbocycles. The fraction of sp³-hybridized carbons (Fsp3) is 0.190. The van der Waals surface area contributed by atoms with Crippen LogP contribution >= 0.6 is 0 Å². The van der Waals surface area contributed by atoms with E-state index in [1.165, 1.54) is 18.2 Å². The Morgan fingerprint density at radius 3 is 2.23 bits per heavy atom. The van der Waals surface area contributed by atoms with Crippen molar-refractivity contribution in [1.29, 1.82) is 0 Å². The van der Waals surface area contributed by atoms with Crippen molar-refractivity contribution in [3.05, 3.63) is 65.0 Å². The fourth-order valence-electron chi connectivity index (χ4n) is 3.21. The topological polar surface area (TPSA) is 81.7 Å². The third kappa shape index (κ3) is 3.66. The summed E-state index contributed by atoms with van der Waals surface area (Å²) in [6.45, 7) is 5.88. The first-order valence-electron chi connectivity index (χ1n) is 9.17. The van der Waals surface area contributed by atoms with Gasteiger partial charge in [0.25, 0.3) is 0 Å². The summed E-state index contributed by atoms with van der Waals surface area (Å²) < 4.78 is 40.1. The van der Waals surface area contributed by atoms with Gasteiger partial charge in [-0.05, 0) is 68.3 Å². The highest BCUT2D eigenvalue weighted by Gasteiger charge is 2.29. The summed E-state index contributed by atoms with van der Waals surface area (Å²) in [6.07, 6.45) is -4.39. The van der Waals surface area contributed by atoms with Gasteiger partial charge in [0.15, 0.2) is 0 Å². The van der Waals surface area contributed by atoms with Crippen LogP contribution in [0, 0.1) is 20.8 Å². The van der Waals surface area contributed by atoms with Crippen molar-refractivity contribution in [2.45, 2.75) is 26.9 Å². The fourth-order valence-corrected chi connectivity index (χ4v) is 3.21. The highest BCUT2D eigenvalue weighted by molar-refractivity contribution is 5.79. The standard InChI is InChI=1S/C21H19F3N6/c1-11-8-16-17(9-12(11)2)30(13(3)26-16)20-28-18(25)10-19(29-20)27-15-6-4-14(5-7-15)21(22,23)24/h4-10H,1-3H3,(H3,25,27,28,29). The molecule has 2 aromatic heterocycles.